The molecule has 0 aromatic rings. The summed E-state index contributed by atoms with van der Waals surface area (Å²) in [7, 11) is -2.75. The van der Waals surface area contributed by atoms with Crippen LogP contribution in [-0.4, -0.2) is 102 Å². The normalized spacial score (nSPS) is 26.9. The van der Waals surface area contributed by atoms with Crippen molar-refractivity contribution in [2.45, 2.75) is 88.5 Å². The van der Waals surface area contributed by atoms with Crippen LogP contribution in [0.3, 0.4) is 0 Å². The number of unbranched alkanes of at least 4 members (excludes halogenated alkanes) is 3. The van der Waals surface area contributed by atoms with E-state index in [-0.39, 0.29) is 38.2 Å². The number of aliphatic hydroxyl groups excluding tert-OH is 3. The number of rotatable bonds is 17. The van der Waals surface area contributed by atoms with Gasteiger partial charge in [0.25, 0.3) is 11.8 Å². The van der Waals surface area contributed by atoms with Gasteiger partial charge in [-0.3, -0.25) is 18.9 Å². The van der Waals surface area contributed by atoms with Gasteiger partial charge in [0.15, 0.2) is 6.29 Å². The molecular weight excluding hydrogens is 545 g/mol. The van der Waals surface area contributed by atoms with Crippen LogP contribution in [-0.2, 0) is 47.1 Å². The molecule has 2 heterocycles. The Labute approximate surface area is 225 Å². The summed E-state index contributed by atoms with van der Waals surface area (Å²) >= 11 is 0. The summed E-state index contributed by atoms with van der Waals surface area (Å²) in [5.41, 5.74) is 5.27. The second kappa shape index (κ2) is 16.3. The number of carbonyl (C=O) groups excluding carboxylic acids is 4. The molecule has 0 aromatic carbocycles. The van der Waals surface area contributed by atoms with E-state index in [0.29, 0.717) is 43.7 Å². The van der Waals surface area contributed by atoms with Crippen molar-refractivity contribution in [1.29, 1.82) is 0 Å². The maximum absolute atomic E-state index is 11.9. The number of hydrogen-bond acceptors (Lipinski definition) is 13. The smallest absolute Gasteiger partial charge is 0.387 e. The molecular formula is C22H38N3O13P. The van der Waals surface area contributed by atoms with E-state index in [4.69, 9.17) is 24.3 Å². The number of hydroxylamine groups is 2. The van der Waals surface area contributed by atoms with E-state index in [0.717, 1.165) is 7.11 Å². The highest BCUT2D eigenvalue weighted by Crippen LogP contribution is 2.38. The van der Waals surface area contributed by atoms with Crippen LogP contribution in [0.1, 0.15) is 57.8 Å². The van der Waals surface area contributed by atoms with Crippen LogP contribution in [0.25, 0.3) is 0 Å². The van der Waals surface area contributed by atoms with Crippen LogP contribution in [0.4, 0.5) is 0 Å². The molecule has 2 rings (SSSR count). The zero-order valence-electron chi connectivity index (χ0n) is 21.8. The number of nitrogens with one attached hydrogen (secondary N) is 1. The molecule has 6 atom stereocenters. The van der Waals surface area contributed by atoms with Gasteiger partial charge in [-0.15, -0.1) is 5.06 Å². The number of nitrogens with two attached hydrogens (primary N) is 1. The lowest BCUT2D eigenvalue weighted by Crippen LogP contribution is -2.59. The monoisotopic (exact) mass is 583 g/mol. The van der Waals surface area contributed by atoms with Crippen molar-refractivity contribution in [3.8, 4) is 0 Å². The summed E-state index contributed by atoms with van der Waals surface area (Å²) in [5, 5.41) is 33.4. The van der Waals surface area contributed by atoms with Crippen LogP contribution in [0.2, 0.25) is 0 Å². The maximum Gasteiger partial charge on any atom is 0.402 e. The van der Waals surface area contributed by atoms with Crippen molar-refractivity contribution < 1.29 is 62.4 Å². The van der Waals surface area contributed by atoms with Gasteiger partial charge < -0.3 is 39.5 Å². The molecule has 17 heteroatoms. The third kappa shape index (κ3) is 11.2. The second-order valence-electron chi connectivity index (χ2n) is 9.07. The number of aliphatic hydroxyl groups is 3. The van der Waals surface area contributed by atoms with E-state index in [1.807, 2.05) is 0 Å². The third-order valence-corrected chi connectivity index (χ3v) is 7.02. The molecule has 0 aromatic heterocycles. The highest BCUT2D eigenvalue weighted by atomic mass is 31.2. The standard InChI is InChI=1S/C22H38N3O13P/c1-34-39(23,33)36-13-14-19(30)20(31)21(32)22(37-14)35-12-6-2-5-11-24-15(26)7-3-4-8-18(29)38-25-16(27)9-10-17(25)28/h14,19-22,30-32H,2-13H2,1H3,(H2,23,33)(H,24,26)/t14?,19-,20?,21?,22+,39?/m0/s1. The summed E-state index contributed by atoms with van der Waals surface area (Å²) in [6.07, 6.45) is -4.15. The molecule has 3 amide bonds. The highest BCUT2D eigenvalue weighted by Gasteiger charge is 2.45. The Kier molecular flexibility index (Phi) is 13.9. The Bertz CT molecular complexity index is 875. The first kappa shape index (κ1) is 33.2. The van der Waals surface area contributed by atoms with Gasteiger partial charge in [0, 0.05) is 45.9 Å². The van der Waals surface area contributed by atoms with Crippen molar-refractivity contribution in [2.24, 2.45) is 5.50 Å². The zero-order valence-corrected chi connectivity index (χ0v) is 22.7. The first-order valence-corrected chi connectivity index (χ1v) is 14.3. The Balaban J connectivity index is 1.52. The maximum atomic E-state index is 11.9. The molecule has 16 nitrogen and oxygen atoms in total. The summed E-state index contributed by atoms with van der Waals surface area (Å²) in [6, 6.07) is 0. The number of carbonyl (C=O) groups is 4. The molecule has 0 bridgehead atoms. The van der Waals surface area contributed by atoms with Crippen molar-refractivity contribution in [3.05, 3.63) is 0 Å². The number of hydrogen-bond donors (Lipinski definition) is 5. The fourth-order valence-corrected chi connectivity index (χ4v) is 4.16. The molecule has 2 aliphatic rings. The van der Waals surface area contributed by atoms with Crippen LogP contribution in [0, 0.1) is 0 Å². The van der Waals surface area contributed by atoms with Gasteiger partial charge in [-0.25, -0.2) is 14.9 Å². The first-order valence-electron chi connectivity index (χ1n) is 12.7. The van der Waals surface area contributed by atoms with E-state index >= 15 is 0 Å². The lowest BCUT2D eigenvalue weighted by molar-refractivity contribution is -0.300. The van der Waals surface area contributed by atoms with Gasteiger partial charge >= 0.3 is 13.7 Å². The van der Waals surface area contributed by atoms with E-state index < -0.39 is 62.8 Å². The predicted molar refractivity (Wildman–Crippen MR) is 130 cm³/mol. The molecule has 0 aliphatic carbocycles. The average molecular weight is 584 g/mol. The van der Waals surface area contributed by atoms with Crippen molar-refractivity contribution in [3.63, 3.8) is 0 Å². The van der Waals surface area contributed by atoms with Crippen molar-refractivity contribution in [1.82, 2.24) is 10.4 Å². The van der Waals surface area contributed by atoms with Crippen LogP contribution < -0.4 is 10.8 Å². The molecule has 2 aliphatic heterocycles. The van der Waals surface area contributed by atoms with Crippen molar-refractivity contribution in [2.75, 3.05) is 26.9 Å². The molecule has 0 radical (unpaired) electrons. The Hall–Kier alpha value is -2.01. The Morgan fingerprint density at radius 3 is 2.36 bits per heavy atom. The van der Waals surface area contributed by atoms with Gasteiger partial charge in [-0.05, 0) is 32.1 Å². The lowest BCUT2D eigenvalue weighted by Gasteiger charge is -2.40. The minimum Gasteiger partial charge on any atom is -0.387 e. The fourth-order valence-electron chi connectivity index (χ4n) is 3.70. The van der Waals surface area contributed by atoms with E-state index in [9.17, 15) is 39.1 Å². The largest absolute Gasteiger partial charge is 0.402 e. The Morgan fingerprint density at radius 1 is 1.03 bits per heavy atom. The molecule has 0 spiro atoms. The van der Waals surface area contributed by atoms with Gasteiger partial charge in [-0.2, -0.15) is 0 Å². The number of nitrogens with zero attached hydrogens (tertiary/aromatic N) is 1. The topological polar surface area (TPSA) is 233 Å². The third-order valence-electron chi connectivity index (χ3n) is 6.00. The molecule has 39 heavy (non-hydrogen) atoms. The van der Waals surface area contributed by atoms with Crippen LogP contribution in [0.5, 0.6) is 0 Å². The molecule has 4 unspecified atom stereocenters. The highest BCUT2D eigenvalue weighted by molar-refractivity contribution is 7.51. The van der Waals surface area contributed by atoms with Gasteiger partial charge in [0.1, 0.15) is 24.4 Å². The summed E-state index contributed by atoms with van der Waals surface area (Å²) in [5.74, 6) is -1.96. The summed E-state index contributed by atoms with van der Waals surface area (Å²) in [6.45, 7) is 0.118. The number of ether oxygens (including phenoxy) is 2. The fraction of sp³-hybridized carbons (Fsp3) is 0.818. The molecule has 6 N–H and O–H groups in total. The molecule has 0 saturated carbocycles. The predicted octanol–water partition coefficient (Wildman–Crippen LogP) is -1.01. The van der Waals surface area contributed by atoms with E-state index in [2.05, 4.69) is 9.84 Å². The number of amides is 3. The minimum absolute atomic E-state index is 0.0194. The molecule has 224 valence electrons. The number of imide groups is 1. The average Bonchev–Trinajstić information content (AvgIpc) is 3.21. The molecule has 2 saturated heterocycles. The van der Waals surface area contributed by atoms with Crippen LogP contribution in [0.15, 0.2) is 0 Å². The zero-order chi connectivity index (χ0) is 29.0. The van der Waals surface area contributed by atoms with Crippen LogP contribution >= 0.6 is 7.75 Å². The summed E-state index contributed by atoms with van der Waals surface area (Å²) in [4.78, 5) is 51.2. The van der Waals surface area contributed by atoms with E-state index in [1.165, 1.54) is 0 Å². The van der Waals surface area contributed by atoms with Crippen molar-refractivity contribution >= 4 is 31.4 Å². The van der Waals surface area contributed by atoms with E-state index in [1.54, 1.807) is 0 Å². The Morgan fingerprint density at radius 2 is 1.69 bits per heavy atom. The van der Waals surface area contributed by atoms with Gasteiger partial charge in [0.05, 0.1) is 6.61 Å². The molecule has 2 fully saturated rings. The van der Waals surface area contributed by atoms with Gasteiger partial charge in [0.2, 0.25) is 5.91 Å². The first-order chi connectivity index (χ1) is 18.4. The summed E-state index contributed by atoms with van der Waals surface area (Å²) < 4.78 is 31.9. The SMILES string of the molecule is COP(N)(=O)OCC1O[C@@H](OCCCCCNC(=O)CCCCC(=O)ON2C(=O)CCC2=O)C(O)C(O)[C@H]1O. The minimum atomic E-state index is -3.83. The quantitative estimate of drug-likeness (QED) is 0.0785. The van der Waals surface area contributed by atoms with Gasteiger partial charge in [-0.1, -0.05) is 0 Å². The lowest BCUT2D eigenvalue weighted by atomic mass is 9.99. The second-order valence-corrected chi connectivity index (χ2v) is 10.8.